The number of rotatable bonds is 2. The lowest BCUT2D eigenvalue weighted by molar-refractivity contribution is 0.174. The third kappa shape index (κ3) is 2.01. The smallest absolute Gasteiger partial charge is 0.231 e. The number of benzene rings is 1. The standard InChI is InChI=1S/C14H9Cl2N3O2/c15-5-13-18-10-3-8(16)6-17-14(10)19(13)9-1-2-11-12(4-9)21-7-20-11/h1-4,6H,5,7H2. The number of halogens is 2. The van der Waals surface area contributed by atoms with Gasteiger partial charge in [-0.2, -0.15) is 0 Å². The molecule has 5 nitrogen and oxygen atoms in total. The van der Waals surface area contributed by atoms with Gasteiger partial charge in [-0.15, -0.1) is 11.6 Å². The molecule has 0 aliphatic carbocycles. The van der Waals surface area contributed by atoms with Gasteiger partial charge in [-0.25, -0.2) is 9.97 Å². The molecular formula is C14H9Cl2N3O2. The number of aromatic nitrogens is 3. The van der Waals surface area contributed by atoms with Crippen molar-refractivity contribution in [2.24, 2.45) is 0 Å². The molecule has 2 aromatic heterocycles. The van der Waals surface area contributed by atoms with Gasteiger partial charge in [0.15, 0.2) is 17.1 Å². The van der Waals surface area contributed by atoms with Crippen molar-refractivity contribution < 1.29 is 9.47 Å². The van der Waals surface area contributed by atoms with Crippen LogP contribution in [0.25, 0.3) is 16.9 Å². The van der Waals surface area contributed by atoms with Crippen molar-refractivity contribution in [2.45, 2.75) is 5.88 Å². The first-order valence-corrected chi connectivity index (χ1v) is 7.16. The van der Waals surface area contributed by atoms with Gasteiger partial charge in [0.05, 0.1) is 16.6 Å². The van der Waals surface area contributed by atoms with Gasteiger partial charge in [0.25, 0.3) is 0 Å². The van der Waals surface area contributed by atoms with E-state index in [2.05, 4.69) is 9.97 Å². The Hall–Kier alpha value is -1.98. The molecule has 0 radical (unpaired) electrons. The molecule has 1 aliphatic rings. The van der Waals surface area contributed by atoms with E-state index in [0.29, 0.717) is 27.8 Å². The topological polar surface area (TPSA) is 49.2 Å². The molecule has 0 saturated heterocycles. The van der Waals surface area contributed by atoms with Crippen molar-refractivity contribution in [1.82, 2.24) is 14.5 Å². The van der Waals surface area contributed by atoms with E-state index in [0.717, 1.165) is 11.4 Å². The van der Waals surface area contributed by atoms with E-state index in [1.54, 1.807) is 12.3 Å². The summed E-state index contributed by atoms with van der Waals surface area (Å²) in [6, 6.07) is 7.43. The van der Waals surface area contributed by atoms with Crippen molar-refractivity contribution in [1.29, 1.82) is 0 Å². The van der Waals surface area contributed by atoms with Crippen LogP contribution in [-0.4, -0.2) is 21.3 Å². The van der Waals surface area contributed by atoms with Crippen LogP contribution in [0.15, 0.2) is 30.5 Å². The van der Waals surface area contributed by atoms with Gasteiger partial charge in [0, 0.05) is 12.3 Å². The van der Waals surface area contributed by atoms with Gasteiger partial charge >= 0.3 is 0 Å². The van der Waals surface area contributed by atoms with Crippen LogP contribution in [0.5, 0.6) is 11.5 Å². The molecule has 21 heavy (non-hydrogen) atoms. The minimum atomic E-state index is 0.236. The highest BCUT2D eigenvalue weighted by atomic mass is 35.5. The molecule has 0 atom stereocenters. The number of fused-ring (bicyclic) bond motifs is 2. The summed E-state index contributed by atoms with van der Waals surface area (Å²) in [5.41, 5.74) is 2.27. The molecule has 0 amide bonds. The molecule has 1 aliphatic heterocycles. The number of ether oxygens (including phenoxy) is 2. The molecule has 0 bridgehead atoms. The van der Waals surface area contributed by atoms with E-state index in [1.807, 2.05) is 22.8 Å². The summed E-state index contributed by atoms with van der Waals surface area (Å²) >= 11 is 12.0. The summed E-state index contributed by atoms with van der Waals surface area (Å²) in [6.45, 7) is 0.236. The maximum absolute atomic E-state index is 6.01. The molecule has 0 saturated carbocycles. The number of hydrogen-bond acceptors (Lipinski definition) is 4. The number of hydrogen-bond donors (Lipinski definition) is 0. The fourth-order valence-electron chi connectivity index (χ4n) is 2.37. The zero-order valence-corrected chi connectivity index (χ0v) is 12.2. The van der Waals surface area contributed by atoms with Crippen molar-refractivity contribution >= 4 is 34.4 Å². The van der Waals surface area contributed by atoms with Crippen LogP contribution >= 0.6 is 23.2 Å². The Kier molecular flexibility index (Phi) is 2.90. The van der Waals surface area contributed by atoms with Crippen LogP contribution in [0.4, 0.5) is 0 Å². The van der Waals surface area contributed by atoms with Gasteiger partial charge in [-0.05, 0) is 18.2 Å². The molecule has 3 aromatic rings. The van der Waals surface area contributed by atoms with E-state index in [9.17, 15) is 0 Å². The van der Waals surface area contributed by atoms with E-state index in [1.165, 1.54) is 0 Å². The first kappa shape index (κ1) is 12.7. The van der Waals surface area contributed by atoms with Gasteiger partial charge in [0.2, 0.25) is 6.79 Å². The molecule has 4 rings (SSSR count). The zero-order valence-electron chi connectivity index (χ0n) is 10.7. The lowest BCUT2D eigenvalue weighted by Crippen LogP contribution is -2.00. The van der Waals surface area contributed by atoms with Crippen LogP contribution < -0.4 is 9.47 Å². The average Bonchev–Trinajstić information content (AvgIpc) is 3.09. The molecule has 1 aromatic carbocycles. The Morgan fingerprint density at radius 1 is 1.19 bits per heavy atom. The fraction of sp³-hybridized carbons (Fsp3) is 0.143. The Balaban J connectivity index is 1.96. The summed E-state index contributed by atoms with van der Waals surface area (Å²) in [7, 11) is 0. The summed E-state index contributed by atoms with van der Waals surface area (Å²) in [5, 5.41) is 0.541. The second kappa shape index (κ2) is 4.79. The Bertz CT molecular complexity index is 848. The van der Waals surface area contributed by atoms with Gasteiger partial charge in [0.1, 0.15) is 11.3 Å². The number of nitrogens with zero attached hydrogens (tertiary/aromatic N) is 3. The highest BCUT2D eigenvalue weighted by Gasteiger charge is 2.18. The van der Waals surface area contributed by atoms with Crippen LogP contribution in [0.3, 0.4) is 0 Å². The number of pyridine rings is 1. The predicted octanol–water partition coefficient (Wildman–Crippen LogP) is 3.54. The summed E-state index contributed by atoms with van der Waals surface area (Å²) in [5.74, 6) is 2.39. The highest BCUT2D eigenvalue weighted by molar-refractivity contribution is 6.31. The maximum Gasteiger partial charge on any atom is 0.231 e. The molecule has 106 valence electrons. The largest absolute Gasteiger partial charge is 0.454 e. The Morgan fingerprint density at radius 2 is 2.05 bits per heavy atom. The number of alkyl halides is 1. The van der Waals surface area contributed by atoms with E-state index < -0.39 is 0 Å². The van der Waals surface area contributed by atoms with Crippen LogP contribution in [0, 0.1) is 0 Å². The summed E-state index contributed by atoms with van der Waals surface area (Å²) in [6.07, 6.45) is 1.59. The molecular weight excluding hydrogens is 313 g/mol. The van der Waals surface area contributed by atoms with Crippen molar-refractivity contribution in [3.63, 3.8) is 0 Å². The van der Waals surface area contributed by atoms with Gasteiger partial charge < -0.3 is 9.47 Å². The highest BCUT2D eigenvalue weighted by Crippen LogP contribution is 2.35. The van der Waals surface area contributed by atoms with Crippen molar-refractivity contribution in [3.8, 4) is 17.2 Å². The quantitative estimate of drug-likeness (QED) is 0.677. The van der Waals surface area contributed by atoms with E-state index in [4.69, 9.17) is 32.7 Å². The molecule has 3 heterocycles. The van der Waals surface area contributed by atoms with E-state index >= 15 is 0 Å². The minimum absolute atomic E-state index is 0.236. The van der Waals surface area contributed by atoms with E-state index in [-0.39, 0.29) is 12.7 Å². The van der Waals surface area contributed by atoms with Crippen molar-refractivity contribution in [3.05, 3.63) is 41.3 Å². The number of imidazole rings is 1. The van der Waals surface area contributed by atoms with Gasteiger partial charge in [-0.3, -0.25) is 4.57 Å². The molecule has 0 unspecified atom stereocenters. The lowest BCUT2D eigenvalue weighted by atomic mass is 10.2. The van der Waals surface area contributed by atoms with Crippen LogP contribution in [0.1, 0.15) is 5.82 Å². The average molecular weight is 322 g/mol. The SMILES string of the molecule is ClCc1nc2cc(Cl)cnc2n1-c1ccc2c(c1)OCO2. The zero-order chi connectivity index (χ0) is 14.4. The second-order valence-electron chi connectivity index (χ2n) is 4.53. The van der Waals surface area contributed by atoms with Gasteiger partial charge in [-0.1, -0.05) is 11.6 Å². The first-order chi connectivity index (χ1) is 10.3. The second-order valence-corrected chi connectivity index (χ2v) is 5.23. The summed E-state index contributed by atoms with van der Waals surface area (Å²) < 4.78 is 12.6. The van der Waals surface area contributed by atoms with Crippen LogP contribution in [0.2, 0.25) is 5.02 Å². The van der Waals surface area contributed by atoms with Crippen LogP contribution in [-0.2, 0) is 5.88 Å². The molecule has 0 fully saturated rings. The summed E-state index contributed by atoms with van der Waals surface area (Å²) in [4.78, 5) is 8.83. The monoisotopic (exact) mass is 321 g/mol. The third-order valence-corrected chi connectivity index (χ3v) is 3.71. The van der Waals surface area contributed by atoms with Crippen molar-refractivity contribution in [2.75, 3.05) is 6.79 Å². The lowest BCUT2D eigenvalue weighted by Gasteiger charge is -2.08. The fourth-order valence-corrected chi connectivity index (χ4v) is 2.70. The molecule has 0 spiro atoms. The maximum atomic E-state index is 6.01. The Morgan fingerprint density at radius 3 is 2.90 bits per heavy atom. The third-order valence-electron chi connectivity index (χ3n) is 3.27. The molecule has 0 N–H and O–H groups in total. The normalized spacial score (nSPS) is 13.0. The first-order valence-electron chi connectivity index (χ1n) is 6.25. The molecule has 7 heteroatoms. The predicted molar refractivity (Wildman–Crippen MR) is 79.6 cm³/mol. The Labute approximate surface area is 130 Å². The minimum Gasteiger partial charge on any atom is -0.454 e.